The van der Waals surface area contributed by atoms with Crippen LogP contribution in [0.1, 0.15) is 18.5 Å². The number of carbonyl (C=O) groups excluding carboxylic acids is 1. The van der Waals surface area contributed by atoms with Crippen LogP contribution in [0.3, 0.4) is 0 Å². The first-order valence-corrected chi connectivity index (χ1v) is 11.1. The highest BCUT2D eigenvalue weighted by atomic mass is 32.1. The molecular weight excluding hydrogens is 442 g/mol. The van der Waals surface area contributed by atoms with E-state index in [1.807, 2.05) is 42.2 Å². The first-order chi connectivity index (χ1) is 16.0. The second-order valence-electron chi connectivity index (χ2n) is 7.72. The number of allylic oxidation sites excluding steroid dienone is 1. The lowest BCUT2D eigenvalue weighted by atomic mass is 9.93. The van der Waals surface area contributed by atoms with E-state index >= 15 is 0 Å². The van der Waals surface area contributed by atoms with Gasteiger partial charge in [-0.25, -0.2) is 0 Å². The number of anilines is 1. The average Bonchev–Trinajstić information content (AvgIpc) is 2.84. The van der Waals surface area contributed by atoms with Gasteiger partial charge in [0.2, 0.25) is 0 Å². The Morgan fingerprint density at radius 3 is 2.48 bits per heavy atom. The van der Waals surface area contributed by atoms with Crippen LogP contribution in [-0.4, -0.2) is 61.5 Å². The third kappa shape index (κ3) is 4.34. The van der Waals surface area contributed by atoms with Crippen LogP contribution in [0.4, 0.5) is 5.69 Å². The van der Waals surface area contributed by atoms with E-state index in [0.717, 1.165) is 5.69 Å². The van der Waals surface area contributed by atoms with E-state index in [9.17, 15) is 9.90 Å². The van der Waals surface area contributed by atoms with E-state index in [-0.39, 0.29) is 11.7 Å². The quantitative estimate of drug-likeness (QED) is 0.647. The largest absolute Gasteiger partial charge is 0.504 e. The van der Waals surface area contributed by atoms with Crippen molar-refractivity contribution in [1.29, 1.82) is 0 Å². The lowest BCUT2D eigenvalue weighted by molar-refractivity contribution is -0.131. The number of rotatable bonds is 5. The van der Waals surface area contributed by atoms with Crippen LogP contribution < -0.4 is 19.7 Å². The fourth-order valence-electron chi connectivity index (χ4n) is 4.20. The Morgan fingerprint density at radius 1 is 1.12 bits per heavy atom. The minimum atomic E-state index is -0.546. The average molecular weight is 470 g/mol. The molecule has 9 heteroatoms. The Bertz CT molecular complexity index is 1100. The van der Waals surface area contributed by atoms with Crippen molar-refractivity contribution in [2.75, 3.05) is 45.4 Å². The number of aromatic hydroxyl groups is 1. The number of amides is 1. The second kappa shape index (κ2) is 9.68. The van der Waals surface area contributed by atoms with Crippen molar-refractivity contribution in [3.8, 4) is 17.2 Å². The predicted octanol–water partition coefficient (Wildman–Crippen LogP) is 2.98. The Kier molecular flexibility index (Phi) is 6.71. The molecule has 0 unspecified atom stereocenters. The molecule has 0 aromatic heterocycles. The summed E-state index contributed by atoms with van der Waals surface area (Å²) in [5.41, 5.74) is 2.67. The van der Waals surface area contributed by atoms with Crippen LogP contribution in [-0.2, 0) is 9.53 Å². The Hall–Kier alpha value is -3.30. The molecule has 0 saturated carbocycles. The summed E-state index contributed by atoms with van der Waals surface area (Å²) in [5.74, 6) is 0.881. The molecule has 4 rings (SSSR count). The number of methoxy groups -OCH3 is 2. The van der Waals surface area contributed by atoms with Crippen molar-refractivity contribution in [1.82, 2.24) is 10.2 Å². The maximum atomic E-state index is 13.8. The first-order valence-electron chi connectivity index (χ1n) is 10.6. The molecular formula is C24H27N3O5S. The number of para-hydroxylation sites is 2. The van der Waals surface area contributed by atoms with Gasteiger partial charge in [-0.2, -0.15) is 0 Å². The number of hydrogen-bond acceptors (Lipinski definition) is 6. The minimum absolute atomic E-state index is 0.00861. The predicted molar refractivity (Wildman–Crippen MR) is 129 cm³/mol. The van der Waals surface area contributed by atoms with Crippen LogP contribution in [0.15, 0.2) is 53.7 Å². The summed E-state index contributed by atoms with van der Waals surface area (Å²) in [4.78, 5) is 17.4. The van der Waals surface area contributed by atoms with E-state index in [1.54, 1.807) is 24.1 Å². The normalized spacial score (nSPS) is 18.8. The molecule has 0 spiro atoms. The lowest BCUT2D eigenvalue weighted by Gasteiger charge is -2.40. The molecule has 1 atom stereocenters. The van der Waals surface area contributed by atoms with Crippen LogP contribution in [0.5, 0.6) is 17.2 Å². The summed E-state index contributed by atoms with van der Waals surface area (Å²) < 4.78 is 16.2. The highest BCUT2D eigenvalue weighted by molar-refractivity contribution is 7.80. The SMILES string of the molecule is COc1ccc([C@H]2NC(=S)N(c3ccccc3OC)C(C)=C2C(=O)N2CCOCC2)cc1O. The summed E-state index contributed by atoms with van der Waals surface area (Å²) in [6, 6.07) is 12.1. The van der Waals surface area contributed by atoms with Crippen molar-refractivity contribution in [2.24, 2.45) is 0 Å². The summed E-state index contributed by atoms with van der Waals surface area (Å²) >= 11 is 5.74. The van der Waals surface area contributed by atoms with Crippen molar-refractivity contribution >= 4 is 28.9 Å². The van der Waals surface area contributed by atoms with E-state index in [0.29, 0.717) is 59.7 Å². The third-order valence-electron chi connectivity index (χ3n) is 5.88. The molecule has 1 amide bonds. The highest BCUT2D eigenvalue weighted by Crippen LogP contribution is 2.39. The van der Waals surface area contributed by atoms with Crippen molar-refractivity contribution < 1.29 is 24.1 Å². The van der Waals surface area contributed by atoms with Gasteiger partial charge in [0.15, 0.2) is 16.6 Å². The molecule has 2 aromatic carbocycles. The zero-order chi connectivity index (χ0) is 23.5. The summed E-state index contributed by atoms with van der Waals surface area (Å²) in [6.45, 7) is 3.89. The topological polar surface area (TPSA) is 83.5 Å². The van der Waals surface area contributed by atoms with Gasteiger partial charge in [0, 0.05) is 18.8 Å². The molecule has 2 aliphatic rings. The number of morpholine rings is 1. The molecule has 1 saturated heterocycles. The van der Waals surface area contributed by atoms with E-state index in [4.69, 9.17) is 26.4 Å². The number of phenols is 1. The fraction of sp³-hybridized carbons (Fsp3) is 0.333. The Labute approximate surface area is 198 Å². The van der Waals surface area contributed by atoms with Crippen LogP contribution >= 0.6 is 12.2 Å². The van der Waals surface area contributed by atoms with Gasteiger partial charge in [-0.05, 0) is 49.0 Å². The van der Waals surface area contributed by atoms with E-state index < -0.39 is 6.04 Å². The summed E-state index contributed by atoms with van der Waals surface area (Å²) in [6.07, 6.45) is 0. The molecule has 2 aromatic rings. The monoisotopic (exact) mass is 469 g/mol. The molecule has 8 nitrogen and oxygen atoms in total. The number of benzene rings is 2. The summed E-state index contributed by atoms with van der Waals surface area (Å²) in [5, 5.41) is 14.1. The number of phenolic OH excluding ortho intramolecular Hbond substituents is 1. The van der Waals surface area contributed by atoms with Gasteiger partial charge in [-0.15, -0.1) is 0 Å². The van der Waals surface area contributed by atoms with Gasteiger partial charge < -0.3 is 29.5 Å². The molecule has 2 aliphatic heterocycles. The molecule has 0 aliphatic carbocycles. The van der Waals surface area contributed by atoms with Crippen molar-refractivity contribution in [3.05, 3.63) is 59.3 Å². The highest BCUT2D eigenvalue weighted by Gasteiger charge is 2.37. The number of thiocarbonyl (C=S) groups is 1. The molecule has 33 heavy (non-hydrogen) atoms. The smallest absolute Gasteiger partial charge is 0.254 e. The molecule has 0 bridgehead atoms. The van der Waals surface area contributed by atoms with E-state index in [2.05, 4.69) is 5.32 Å². The standard InChI is InChI=1S/C24H27N3O5S/c1-15-21(23(29)26-10-12-32-13-11-26)22(16-8-9-20(31-3)18(28)14-16)25-24(33)27(15)17-6-4-5-7-19(17)30-2/h4-9,14,22,28H,10-13H2,1-3H3,(H,25,33)/t22-/m1/s1. The summed E-state index contributed by atoms with van der Waals surface area (Å²) in [7, 11) is 3.09. The van der Waals surface area contributed by atoms with Crippen molar-refractivity contribution in [3.63, 3.8) is 0 Å². The molecule has 1 fully saturated rings. The fourth-order valence-corrected chi connectivity index (χ4v) is 4.55. The zero-order valence-corrected chi connectivity index (χ0v) is 19.6. The molecule has 0 radical (unpaired) electrons. The van der Waals surface area contributed by atoms with Crippen molar-refractivity contribution in [2.45, 2.75) is 13.0 Å². The molecule has 2 N–H and O–H groups in total. The number of nitrogens with one attached hydrogen (secondary N) is 1. The molecule has 2 heterocycles. The number of carbonyl (C=O) groups is 1. The number of ether oxygens (including phenoxy) is 3. The van der Waals surface area contributed by atoms with Gasteiger partial charge in [-0.1, -0.05) is 18.2 Å². The van der Waals surface area contributed by atoms with Gasteiger partial charge >= 0.3 is 0 Å². The van der Waals surface area contributed by atoms with Gasteiger partial charge in [0.1, 0.15) is 5.75 Å². The van der Waals surface area contributed by atoms with Crippen LogP contribution in [0.25, 0.3) is 0 Å². The van der Waals surface area contributed by atoms with Gasteiger partial charge in [0.25, 0.3) is 5.91 Å². The second-order valence-corrected chi connectivity index (χ2v) is 8.11. The van der Waals surface area contributed by atoms with E-state index in [1.165, 1.54) is 7.11 Å². The van der Waals surface area contributed by atoms with Gasteiger partial charge in [0.05, 0.1) is 44.7 Å². The minimum Gasteiger partial charge on any atom is -0.504 e. The third-order valence-corrected chi connectivity index (χ3v) is 6.18. The Morgan fingerprint density at radius 2 is 1.82 bits per heavy atom. The first kappa shape index (κ1) is 22.9. The maximum absolute atomic E-state index is 13.8. The maximum Gasteiger partial charge on any atom is 0.254 e. The number of nitrogens with zero attached hydrogens (tertiary/aromatic N) is 2. The number of hydrogen-bond donors (Lipinski definition) is 2. The lowest BCUT2D eigenvalue weighted by Crippen LogP contribution is -2.51. The van der Waals surface area contributed by atoms with Crippen LogP contribution in [0.2, 0.25) is 0 Å². The zero-order valence-electron chi connectivity index (χ0n) is 18.8. The van der Waals surface area contributed by atoms with Crippen LogP contribution in [0, 0.1) is 0 Å². The Balaban J connectivity index is 1.85. The van der Waals surface area contributed by atoms with Gasteiger partial charge in [-0.3, -0.25) is 9.69 Å². The molecule has 174 valence electrons.